The molecular weight excluding hydrogens is 520 g/mol. The number of fused-ring (bicyclic) bond motifs is 1. The second-order valence-corrected chi connectivity index (χ2v) is 11.4. The van der Waals surface area contributed by atoms with Crippen LogP contribution in [0.1, 0.15) is 51.8 Å². The van der Waals surface area contributed by atoms with Crippen LogP contribution >= 0.6 is 0 Å². The van der Waals surface area contributed by atoms with Gasteiger partial charge in [0.15, 0.2) is 0 Å². The van der Waals surface area contributed by atoms with Crippen molar-refractivity contribution >= 4 is 28.1 Å². The van der Waals surface area contributed by atoms with Gasteiger partial charge in [0.05, 0.1) is 17.4 Å². The Morgan fingerprint density at radius 3 is 2.52 bits per heavy atom. The first-order valence-electron chi connectivity index (χ1n) is 14.6. The van der Waals surface area contributed by atoms with E-state index in [2.05, 4.69) is 83.3 Å². The van der Waals surface area contributed by atoms with E-state index in [9.17, 15) is 4.79 Å². The first kappa shape index (κ1) is 27.7. The van der Waals surface area contributed by atoms with Crippen molar-refractivity contribution in [3.05, 3.63) is 119 Å². The van der Waals surface area contributed by atoms with E-state index in [1.54, 1.807) is 4.68 Å². The van der Waals surface area contributed by atoms with Gasteiger partial charge in [-0.05, 0) is 90.7 Å². The van der Waals surface area contributed by atoms with E-state index in [0.29, 0.717) is 12.2 Å². The van der Waals surface area contributed by atoms with Gasteiger partial charge in [0.2, 0.25) is 0 Å². The summed E-state index contributed by atoms with van der Waals surface area (Å²) in [6.07, 6.45) is 2.55. The molecule has 7 heteroatoms. The Morgan fingerprint density at radius 2 is 1.76 bits per heavy atom. The van der Waals surface area contributed by atoms with Crippen LogP contribution in [0, 0.1) is 12.8 Å². The maximum absolute atomic E-state index is 13.6. The second-order valence-electron chi connectivity index (χ2n) is 11.4. The summed E-state index contributed by atoms with van der Waals surface area (Å²) < 4.78 is 1.69. The Labute approximate surface area is 247 Å². The Balaban J connectivity index is 1.33. The number of anilines is 2. The molecule has 214 valence electrons. The van der Waals surface area contributed by atoms with E-state index >= 15 is 0 Å². The summed E-state index contributed by atoms with van der Waals surface area (Å²) in [5, 5.41) is 14.1. The van der Waals surface area contributed by atoms with E-state index < -0.39 is 0 Å². The second kappa shape index (κ2) is 11.8. The number of hydrogen-bond donors (Lipinski definition) is 3. The molecule has 4 N–H and O–H groups in total. The number of nitrogens with zero attached hydrogens (tertiary/aromatic N) is 3. The maximum atomic E-state index is 13.6. The Hall–Kier alpha value is -4.46. The molecule has 1 aliphatic rings. The van der Waals surface area contributed by atoms with Crippen LogP contribution in [-0.4, -0.2) is 36.3 Å². The average molecular weight is 559 g/mol. The molecule has 42 heavy (non-hydrogen) atoms. The lowest BCUT2D eigenvalue weighted by molar-refractivity contribution is 0.101. The van der Waals surface area contributed by atoms with Crippen molar-refractivity contribution in [1.82, 2.24) is 15.1 Å². The molecule has 6 rings (SSSR count). The van der Waals surface area contributed by atoms with Gasteiger partial charge in [0, 0.05) is 37.4 Å². The van der Waals surface area contributed by atoms with Gasteiger partial charge in [-0.3, -0.25) is 4.79 Å². The molecule has 1 aliphatic carbocycles. The van der Waals surface area contributed by atoms with Crippen molar-refractivity contribution in [3.63, 3.8) is 0 Å². The highest BCUT2D eigenvalue weighted by molar-refractivity contribution is 6.03. The predicted octanol–water partition coefficient (Wildman–Crippen LogP) is 6.20. The number of aromatic nitrogens is 2. The van der Waals surface area contributed by atoms with Crippen molar-refractivity contribution in [2.45, 2.75) is 32.4 Å². The summed E-state index contributed by atoms with van der Waals surface area (Å²) in [4.78, 5) is 15.8. The quantitative estimate of drug-likeness (QED) is 0.190. The lowest BCUT2D eigenvalue weighted by atomic mass is 9.92. The molecule has 1 unspecified atom stereocenters. The molecule has 0 saturated heterocycles. The largest absolute Gasteiger partial charge is 0.377 e. The van der Waals surface area contributed by atoms with Gasteiger partial charge in [0.1, 0.15) is 5.69 Å². The molecule has 1 atom stereocenters. The van der Waals surface area contributed by atoms with Crippen LogP contribution in [0.25, 0.3) is 16.5 Å². The molecule has 0 aliphatic heterocycles. The summed E-state index contributed by atoms with van der Waals surface area (Å²) in [5.41, 5.74) is 13.2. The molecule has 7 nitrogen and oxygen atoms in total. The summed E-state index contributed by atoms with van der Waals surface area (Å²) in [6.45, 7) is 3.28. The standard InChI is InChI=1S/C35H38N6O/c1-23-18-33(41(39-23)28-11-6-8-25(19-28)21-36)35(42)38-27-10-7-9-26(20-27)34(37-22-24-14-15-24)31-16-17-32(40(2)3)30-13-5-4-12-29(30)31/h4-13,16-20,24,34,37H,14-15,21-22,36H2,1-3H3,(H,38,42). The number of hydrogen-bond acceptors (Lipinski definition) is 5. The van der Waals surface area contributed by atoms with E-state index in [0.717, 1.165) is 40.7 Å². The summed E-state index contributed by atoms with van der Waals surface area (Å²) in [6, 6.07) is 30.8. The minimum absolute atomic E-state index is 0.0182. The third kappa shape index (κ3) is 5.79. The maximum Gasteiger partial charge on any atom is 0.274 e. The van der Waals surface area contributed by atoms with Crippen LogP contribution in [0.4, 0.5) is 11.4 Å². The molecule has 1 aromatic heterocycles. The molecule has 1 saturated carbocycles. The van der Waals surface area contributed by atoms with Gasteiger partial charge in [-0.2, -0.15) is 5.10 Å². The fourth-order valence-electron chi connectivity index (χ4n) is 5.63. The van der Waals surface area contributed by atoms with Crippen LogP contribution in [0.3, 0.4) is 0 Å². The monoisotopic (exact) mass is 558 g/mol. The zero-order valence-corrected chi connectivity index (χ0v) is 24.5. The Morgan fingerprint density at radius 1 is 0.976 bits per heavy atom. The number of amides is 1. The van der Waals surface area contributed by atoms with Crippen molar-refractivity contribution in [3.8, 4) is 5.69 Å². The number of nitrogens with two attached hydrogens (primary N) is 1. The highest BCUT2D eigenvalue weighted by atomic mass is 16.2. The van der Waals surface area contributed by atoms with Gasteiger partial charge in [0.25, 0.3) is 5.91 Å². The zero-order valence-electron chi connectivity index (χ0n) is 24.5. The van der Waals surface area contributed by atoms with Crippen LogP contribution in [0.2, 0.25) is 0 Å². The molecule has 0 radical (unpaired) electrons. The van der Waals surface area contributed by atoms with Gasteiger partial charge in [-0.1, -0.05) is 54.6 Å². The van der Waals surface area contributed by atoms with Gasteiger partial charge in [-0.15, -0.1) is 0 Å². The Bertz CT molecular complexity index is 1740. The number of carbonyl (C=O) groups is 1. The number of rotatable bonds is 10. The third-order valence-corrected chi connectivity index (χ3v) is 7.97. The topological polar surface area (TPSA) is 88.2 Å². The predicted molar refractivity (Wildman–Crippen MR) is 171 cm³/mol. The molecule has 1 amide bonds. The van der Waals surface area contributed by atoms with Crippen molar-refractivity contribution in [1.29, 1.82) is 0 Å². The lowest BCUT2D eigenvalue weighted by Gasteiger charge is -2.24. The van der Waals surface area contributed by atoms with Crippen molar-refractivity contribution < 1.29 is 4.79 Å². The third-order valence-electron chi connectivity index (χ3n) is 7.97. The van der Waals surface area contributed by atoms with E-state index in [4.69, 9.17) is 5.73 Å². The van der Waals surface area contributed by atoms with Crippen molar-refractivity contribution in [2.75, 3.05) is 30.9 Å². The van der Waals surface area contributed by atoms with Crippen LogP contribution in [-0.2, 0) is 6.54 Å². The fraction of sp³-hybridized carbons (Fsp3) is 0.257. The first-order chi connectivity index (χ1) is 20.4. The molecule has 5 aromatic rings. The molecular formula is C35H38N6O. The highest BCUT2D eigenvalue weighted by Gasteiger charge is 2.25. The van der Waals surface area contributed by atoms with Gasteiger partial charge >= 0.3 is 0 Å². The molecule has 1 fully saturated rings. The van der Waals surface area contributed by atoms with E-state index in [-0.39, 0.29) is 11.9 Å². The van der Waals surface area contributed by atoms with Gasteiger partial charge in [-0.25, -0.2) is 4.68 Å². The van der Waals surface area contributed by atoms with Crippen LogP contribution < -0.4 is 21.3 Å². The van der Waals surface area contributed by atoms with Crippen molar-refractivity contribution in [2.24, 2.45) is 11.7 Å². The minimum Gasteiger partial charge on any atom is -0.377 e. The summed E-state index contributed by atoms with van der Waals surface area (Å²) >= 11 is 0. The van der Waals surface area contributed by atoms with E-state index in [1.807, 2.05) is 49.4 Å². The average Bonchev–Trinajstić information content (AvgIpc) is 3.75. The summed E-state index contributed by atoms with van der Waals surface area (Å²) in [7, 11) is 4.16. The number of aryl methyl sites for hydroxylation is 1. The number of benzene rings is 4. The smallest absolute Gasteiger partial charge is 0.274 e. The first-order valence-corrected chi connectivity index (χ1v) is 14.6. The fourth-order valence-corrected chi connectivity index (χ4v) is 5.63. The molecule has 0 bridgehead atoms. The Kier molecular flexibility index (Phi) is 7.78. The number of nitrogens with one attached hydrogen (secondary N) is 2. The summed E-state index contributed by atoms with van der Waals surface area (Å²) in [5.74, 6) is 0.512. The van der Waals surface area contributed by atoms with E-state index in [1.165, 1.54) is 34.9 Å². The molecule has 1 heterocycles. The zero-order chi connectivity index (χ0) is 29.2. The van der Waals surface area contributed by atoms with Crippen LogP contribution in [0.5, 0.6) is 0 Å². The highest BCUT2D eigenvalue weighted by Crippen LogP contribution is 2.36. The molecule has 0 spiro atoms. The van der Waals surface area contributed by atoms with Crippen LogP contribution in [0.15, 0.2) is 91.0 Å². The molecule has 4 aromatic carbocycles. The lowest BCUT2D eigenvalue weighted by Crippen LogP contribution is -2.25. The SMILES string of the molecule is Cc1cc(C(=O)Nc2cccc(C(NCC3CC3)c3ccc(N(C)C)c4ccccc34)c2)n(-c2cccc(CN)c2)n1. The normalized spacial score (nSPS) is 13.7. The minimum atomic E-state index is -0.214. The number of carbonyl (C=O) groups excluding carboxylic acids is 1. The van der Waals surface area contributed by atoms with Gasteiger partial charge < -0.3 is 21.3 Å².